The molecule has 6 nitrogen and oxygen atoms in total. The molecule has 2 N–H and O–H groups in total. The molecular formula is C25H27ClN2O4S. The zero-order chi connectivity index (χ0) is 24.2. The lowest BCUT2D eigenvalue weighted by Crippen LogP contribution is -2.30. The minimum atomic E-state index is -3.82. The third-order valence-corrected chi connectivity index (χ3v) is 6.66. The number of ether oxygens (including phenoxy) is 1. The van der Waals surface area contributed by atoms with Crippen LogP contribution in [0.4, 0.5) is 11.4 Å². The molecule has 0 aliphatic carbocycles. The van der Waals surface area contributed by atoms with Crippen LogP contribution in [0.1, 0.15) is 33.3 Å². The van der Waals surface area contributed by atoms with Crippen molar-refractivity contribution in [2.45, 2.75) is 44.1 Å². The normalized spacial score (nSPS) is 12.6. The van der Waals surface area contributed by atoms with Gasteiger partial charge in [-0.2, -0.15) is 0 Å². The predicted octanol–water partition coefficient (Wildman–Crippen LogP) is 5.84. The van der Waals surface area contributed by atoms with Gasteiger partial charge in [0.15, 0.2) is 6.10 Å². The highest BCUT2D eigenvalue weighted by Gasteiger charge is 2.18. The molecule has 0 aromatic heterocycles. The molecule has 0 radical (unpaired) electrons. The quantitative estimate of drug-likeness (QED) is 0.439. The third-order valence-electron chi connectivity index (χ3n) is 4.95. The van der Waals surface area contributed by atoms with E-state index in [4.69, 9.17) is 16.3 Å². The summed E-state index contributed by atoms with van der Waals surface area (Å²) in [7, 11) is -3.82. The highest BCUT2D eigenvalue weighted by Crippen LogP contribution is 2.26. The first kappa shape index (κ1) is 24.6. The van der Waals surface area contributed by atoms with Gasteiger partial charge in [-0.3, -0.25) is 9.52 Å². The van der Waals surface area contributed by atoms with E-state index in [1.165, 1.54) is 29.8 Å². The second kappa shape index (κ2) is 9.85. The van der Waals surface area contributed by atoms with E-state index < -0.39 is 16.1 Å². The Bertz CT molecular complexity index is 1220. The summed E-state index contributed by atoms with van der Waals surface area (Å²) in [6.07, 6.45) is -0.740. The van der Waals surface area contributed by atoms with Crippen molar-refractivity contribution in [3.05, 3.63) is 83.4 Å². The number of carbonyl (C=O) groups excluding carboxylic acids is 1. The average Bonchev–Trinajstić information content (AvgIpc) is 2.75. The van der Waals surface area contributed by atoms with Gasteiger partial charge in [0, 0.05) is 5.69 Å². The Morgan fingerprint density at radius 2 is 1.55 bits per heavy atom. The Morgan fingerprint density at radius 3 is 2.12 bits per heavy atom. The van der Waals surface area contributed by atoms with Gasteiger partial charge in [-0.05, 0) is 66.4 Å². The largest absolute Gasteiger partial charge is 0.481 e. The fraction of sp³-hybridized carbons (Fsp3) is 0.240. The van der Waals surface area contributed by atoms with Gasteiger partial charge in [-0.15, -0.1) is 0 Å². The first-order valence-electron chi connectivity index (χ1n) is 10.4. The van der Waals surface area contributed by atoms with Crippen molar-refractivity contribution < 1.29 is 17.9 Å². The highest BCUT2D eigenvalue weighted by atomic mass is 35.5. The molecular weight excluding hydrogens is 460 g/mol. The van der Waals surface area contributed by atoms with E-state index in [0.717, 1.165) is 0 Å². The van der Waals surface area contributed by atoms with E-state index in [1.54, 1.807) is 31.2 Å². The van der Waals surface area contributed by atoms with Gasteiger partial charge >= 0.3 is 0 Å². The molecule has 0 aliphatic rings. The number of carbonyl (C=O) groups is 1. The van der Waals surface area contributed by atoms with Gasteiger partial charge < -0.3 is 10.1 Å². The average molecular weight is 487 g/mol. The van der Waals surface area contributed by atoms with Gasteiger partial charge in [0.1, 0.15) is 5.75 Å². The summed E-state index contributed by atoms with van der Waals surface area (Å²) in [4.78, 5) is 12.6. The van der Waals surface area contributed by atoms with Gasteiger partial charge in [0.2, 0.25) is 0 Å². The van der Waals surface area contributed by atoms with Crippen molar-refractivity contribution in [3.8, 4) is 5.75 Å². The van der Waals surface area contributed by atoms with Crippen LogP contribution in [0.15, 0.2) is 77.7 Å². The van der Waals surface area contributed by atoms with Crippen LogP contribution >= 0.6 is 11.6 Å². The first-order valence-corrected chi connectivity index (χ1v) is 12.3. The summed E-state index contributed by atoms with van der Waals surface area (Å²) >= 11 is 6.03. The topological polar surface area (TPSA) is 84.5 Å². The number of hydrogen-bond donors (Lipinski definition) is 2. The first-order chi connectivity index (χ1) is 15.5. The lowest BCUT2D eigenvalue weighted by molar-refractivity contribution is -0.122. The number of anilines is 2. The zero-order valence-corrected chi connectivity index (χ0v) is 20.5. The van der Waals surface area contributed by atoms with Gasteiger partial charge in [0.05, 0.1) is 15.6 Å². The molecule has 1 atom stereocenters. The molecule has 3 aromatic carbocycles. The number of rotatable bonds is 7. The van der Waals surface area contributed by atoms with E-state index >= 15 is 0 Å². The SMILES string of the molecule is C[C@H](Oc1ccc(C(C)(C)C)cc1)C(=O)Nc1ccc(S(=O)(=O)Nc2ccccc2Cl)cc1. The van der Waals surface area contributed by atoms with Crippen molar-refractivity contribution >= 4 is 38.9 Å². The summed E-state index contributed by atoms with van der Waals surface area (Å²) in [5.41, 5.74) is 1.95. The van der Waals surface area contributed by atoms with Crippen molar-refractivity contribution in [1.82, 2.24) is 0 Å². The standard InChI is InChI=1S/C25H27ClN2O4S/c1-17(32-20-13-9-18(10-14-20)25(2,3)4)24(29)27-19-11-15-21(16-12-19)33(30,31)28-23-8-6-5-7-22(23)26/h5-17,28H,1-4H3,(H,27,29)/t17-/m0/s1. The Hall–Kier alpha value is -3.03. The number of sulfonamides is 1. The van der Waals surface area contributed by atoms with Crippen LogP contribution in [-0.4, -0.2) is 20.4 Å². The Balaban J connectivity index is 1.62. The predicted molar refractivity (Wildman–Crippen MR) is 133 cm³/mol. The number of amides is 1. The monoisotopic (exact) mass is 486 g/mol. The Kier molecular flexibility index (Phi) is 7.34. The third kappa shape index (κ3) is 6.49. The van der Waals surface area contributed by atoms with Crippen molar-refractivity contribution in [3.63, 3.8) is 0 Å². The molecule has 0 spiro atoms. The fourth-order valence-electron chi connectivity index (χ4n) is 3.00. The van der Waals surface area contributed by atoms with Gasteiger partial charge in [-0.1, -0.05) is 56.6 Å². The van der Waals surface area contributed by atoms with E-state index in [2.05, 4.69) is 30.8 Å². The lowest BCUT2D eigenvalue weighted by Gasteiger charge is -2.20. The van der Waals surface area contributed by atoms with Crippen LogP contribution in [-0.2, 0) is 20.2 Å². The molecule has 174 valence electrons. The summed E-state index contributed by atoms with van der Waals surface area (Å²) in [5, 5.41) is 3.03. The molecule has 0 aliphatic heterocycles. The van der Waals surface area contributed by atoms with Crippen LogP contribution in [0, 0.1) is 0 Å². The number of benzene rings is 3. The smallest absolute Gasteiger partial charge is 0.265 e. The molecule has 1 amide bonds. The molecule has 0 saturated carbocycles. The minimum Gasteiger partial charge on any atom is -0.481 e. The summed E-state index contributed by atoms with van der Waals surface area (Å²) < 4.78 is 33.4. The van der Waals surface area contributed by atoms with Gasteiger partial charge in [-0.25, -0.2) is 8.42 Å². The van der Waals surface area contributed by atoms with E-state index in [1.807, 2.05) is 24.3 Å². The van der Waals surface area contributed by atoms with Crippen LogP contribution in [0.3, 0.4) is 0 Å². The van der Waals surface area contributed by atoms with E-state index in [0.29, 0.717) is 16.5 Å². The van der Waals surface area contributed by atoms with Crippen molar-refractivity contribution in [2.24, 2.45) is 0 Å². The van der Waals surface area contributed by atoms with Crippen molar-refractivity contribution in [1.29, 1.82) is 0 Å². The highest BCUT2D eigenvalue weighted by molar-refractivity contribution is 7.92. The maximum absolute atomic E-state index is 12.6. The number of para-hydroxylation sites is 1. The lowest BCUT2D eigenvalue weighted by atomic mass is 9.87. The number of halogens is 1. The zero-order valence-electron chi connectivity index (χ0n) is 18.9. The maximum atomic E-state index is 12.6. The molecule has 0 unspecified atom stereocenters. The van der Waals surface area contributed by atoms with E-state index in [-0.39, 0.29) is 21.9 Å². The Morgan fingerprint density at radius 1 is 0.939 bits per heavy atom. The van der Waals surface area contributed by atoms with E-state index in [9.17, 15) is 13.2 Å². The molecule has 3 aromatic rings. The molecule has 33 heavy (non-hydrogen) atoms. The molecule has 0 bridgehead atoms. The maximum Gasteiger partial charge on any atom is 0.265 e. The Labute approximate surface area is 200 Å². The number of nitrogens with one attached hydrogen (secondary N) is 2. The molecule has 0 saturated heterocycles. The van der Waals surface area contributed by atoms with Crippen LogP contribution in [0.25, 0.3) is 0 Å². The summed E-state index contributed by atoms with van der Waals surface area (Å²) in [5.74, 6) is 0.248. The molecule has 3 rings (SSSR count). The minimum absolute atomic E-state index is 0.0318. The molecule has 0 heterocycles. The fourth-order valence-corrected chi connectivity index (χ4v) is 4.32. The van der Waals surface area contributed by atoms with Crippen LogP contribution in [0.2, 0.25) is 5.02 Å². The molecule has 8 heteroatoms. The second-order valence-electron chi connectivity index (χ2n) is 8.63. The summed E-state index contributed by atoms with van der Waals surface area (Å²) in [6, 6.07) is 20.1. The summed E-state index contributed by atoms with van der Waals surface area (Å²) in [6.45, 7) is 8.03. The number of hydrogen-bond acceptors (Lipinski definition) is 4. The van der Waals surface area contributed by atoms with Crippen LogP contribution in [0.5, 0.6) is 5.75 Å². The molecule has 0 fully saturated rings. The van der Waals surface area contributed by atoms with Crippen molar-refractivity contribution in [2.75, 3.05) is 10.0 Å². The van der Waals surface area contributed by atoms with Crippen LogP contribution < -0.4 is 14.8 Å². The second-order valence-corrected chi connectivity index (χ2v) is 10.7. The van der Waals surface area contributed by atoms with Gasteiger partial charge in [0.25, 0.3) is 15.9 Å².